The van der Waals surface area contributed by atoms with Gasteiger partial charge in [0.2, 0.25) is 0 Å². The van der Waals surface area contributed by atoms with E-state index < -0.39 is 0 Å². The predicted molar refractivity (Wildman–Crippen MR) is 79.0 cm³/mol. The number of carbonyl (C=O) groups excluding carboxylic acids is 1. The van der Waals surface area contributed by atoms with Gasteiger partial charge >= 0.3 is 0 Å². The van der Waals surface area contributed by atoms with Crippen LogP contribution < -0.4 is 10.1 Å². The Labute approximate surface area is 123 Å². The molecule has 0 aliphatic heterocycles. The fraction of sp³-hybridized carbons (Fsp3) is 0.250. The molecule has 2 aromatic rings. The highest BCUT2D eigenvalue weighted by molar-refractivity contribution is 5.94. The maximum absolute atomic E-state index is 11.8. The number of aromatic nitrogens is 1. The number of amides is 1. The zero-order chi connectivity index (χ0) is 15.1. The van der Waals surface area contributed by atoms with Crippen LogP contribution in [-0.2, 0) is 6.61 Å². The van der Waals surface area contributed by atoms with E-state index in [4.69, 9.17) is 9.84 Å². The van der Waals surface area contributed by atoms with Crippen LogP contribution in [0.3, 0.4) is 0 Å². The lowest BCUT2D eigenvalue weighted by Gasteiger charge is -2.11. The number of nitrogens with zero attached hydrogens (tertiary/aromatic N) is 1. The van der Waals surface area contributed by atoms with Gasteiger partial charge in [-0.2, -0.15) is 0 Å². The van der Waals surface area contributed by atoms with Gasteiger partial charge in [-0.3, -0.25) is 9.78 Å². The molecule has 0 fully saturated rings. The number of benzene rings is 1. The molecule has 2 rings (SSSR count). The molecule has 5 heteroatoms. The summed E-state index contributed by atoms with van der Waals surface area (Å²) in [5.41, 5.74) is 1.37. The fourth-order valence-corrected chi connectivity index (χ4v) is 1.70. The van der Waals surface area contributed by atoms with Gasteiger partial charge < -0.3 is 15.2 Å². The second-order valence-corrected chi connectivity index (χ2v) is 4.69. The van der Waals surface area contributed by atoms with Gasteiger partial charge in [0, 0.05) is 17.8 Å². The maximum Gasteiger partial charge on any atom is 0.251 e. The molecule has 0 bridgehead atoms. The quantitative estimate of drug-likeness (QED) is 0.849. The zero-order valence-corrected chi connectivity index (χ0v) is 11.8. The van der Waals surface area contributed by atoms with Crippen LogP contribution in [0.1, 0.15) is 23.0 Å². The standard InChI is InChI=1S/C16H18N2O3/c1-12(10-19)18-16(20)13-5-7-15(8-6-13)21-11-14-4-2-3-9-17-14/h2-9,12,19H,10-11H2,1H3,(H,18,20). The van der Waals surface area contributed by atoms with Crippen LogP contribution >= 0.6 is 0 Å². The van der Waals surface area contributed by atoms with E-state index in [0.717, 1.165) is 5.69 Å². The highest BCUT2D eigenvalue weighted by atomic mass is 16.5. The molecular formula is C16H18N2O3. The predicted octanol–water partition coefficient (Wildman–Crippen LogP) is 1.77. The molecule has 5 nitrogen and oxygen atoms in total. The van der Waals surface area contributed by atoms with Gasteiger partial charge in [-0.15, -0.1) is 0 Å². The minimum Gasteiger partial charge on any atom is -0.487 e. The van der Waals surface area contributed by atoms with E-state index in [0.29, 0.717) is 17.9 Å². The van der Waals surface area contributed by atoms with Gasteiger partial charge in [0.15, 0.2) is 0 Å². The molecule has 21 heavy (non-hydrogen) atoms. The minimum absolute atomic E-state index is 0.0863. The second kappa shape index (κ2) is 7.40. The number of aliphatic hydroxyl groups is 1. The van der Waals surface area contributed by atoms with Crippen molar-refractivity contribution in [1.29, 1.82) is 0 Å². The van der Waals surface area contributed by atoms with E-state index >= 15 is 0 Å². The zero-order valence-electron chi connectivity index (χ0n) is 11.8. The minimum atomic E-state index is -0.266. The summed E-state index contributed by atoms with van der Waals surface area (Å²) in [4.78, 5) is 16.0. The number of aliphatic hydroxyl groups excluding tert-OH is 1. The molecule has 0 saturated heterocycles. The first-order chi connectivity index (χ1) is 10.2. The van der Waals surface area contributed by atoms with E-state index in [1.165, 1.54) is 0 Å². The third kappa shape index (κ3) is 4.57. The van der Waals surface area contributed by atoms with E-state index in [1.807, 2.05) is 18.2 Å². The number of hydrogen-bond donors (Lipinski definition) is 2. The lowest BCUT2D eigenvalue weighted by Crippen LogP contribution is -2.34. The molecule has 0 saturated carbocycles. The van der Waals surface area contributed by atoms with Crippen molar-refractivity contribution in [2.45, 2.75) is 19.6 Å². The summed E-state index contributed by atoms with van der Waals surface area (Å²) >= 11 is 0. The average Bonchev–Trinajstić information content (AvgIpc) is 2.54. The molecular weight excluding hydrogens is 268 g/mol. The van der Waals surface area contributed by atoms with Gasteiger partial charge in [-0.25, -0.2) is 0 Å². The fourth-order valence-electron chi connectivity index (χ4n) is 1.70. The largest absolute Gasteiger partial charge is 0.487 e. The summed E-state index contributed by atoms with van der Waals surface area (Å²) in [5, 5.41) is 11.6. The summed E-state index contributed by atoms with van der Waals surface area (Å²) in [6.45, 7) is 2.03. The lowest BCUT2D eigenvalue weighted by atomic mass is 10.2. The van der Waals surface area contributed by atoms with E-state index in [2.05, 4.69) is 10.3 Å². The Morgan fingerprint density at radius 3 is 2.67 bits per heavy atom. The van der Waals surface area contributed by atoms with E-state index in [-0.39, 0.29) is 18.6 Å². The number of rotatable bonds is 6. The normalized spacial score (nSPS) is 11.7. The van der Waals surface area contributed by atoms with E-state index in [1.54, 1.807) is 37.4 Å². The van der Waals surface area contributed by atoms with Crippen LogP contribution in [-0.4, -0.2) is 28.6 Å². The Balaban J connectivity index is 1.91. The van der Waals surface area contributed by atoms with Crippen LogP contribution in [0.4, 0.5) is 0 Å². The highest BCUT2D eigenvalue weighted by Gasteiger charge is 2.08. The summed E-state index contributed by atoms with van der Waals surface area (Å²) in [6, 6.07) is 12.2. The summed E-state index contributed by atoms with van der Waals surface area (Å²) in [5.74, 6) is 0.459. The van der Waals surface area contributed by atoms with E-state index in [9.17, 15) is 4.79 Å². The molecule has 0 aliphatic carbocycles. The number of ether oxygens (including phenoxy) is 1. The molecule has 0 spiro atoms. The Morgan fingerprint density at radius 1 is 1.29 bits per heavy atom. The average molecular weight is 286 g/mol. The molecule has 0 radical (unpaired) electrons. The van der Waals surface area contributed by atoms with Crippen molar-refractivity contribution < 1.29 is 14.6 Å². The van der Waals surface area contributed by atoms with Crippen LogP contribution in [0.5, 0.6) is 5.75 Å². The van der Waals surface area contributed by atoms with Gasteiger partial charge in [-0.05, 0) is 43.3 Å². The molecule has 1 amide bonds. The van der Waals surface area contributed by atoms with Crippen LogP contribution in [0, 0.1) is 0 Å². The molecule has 1 unspecified atom stereocenters. The first-order valence-electron chi connectivity index (χ1n) is 6.73. The number of pyridine rings is 1. The van der Waals surface area contributed by atoms with Crippen molar-refractivity contribution >= 4 is 5.91 Å². The third-order valence-corrected chi connectivity index (χ3v) is 2.88. The third-order valence-electron chi connectivity index (χ3n) is 2.88. The molecule has 1 aromatic carbocycles. The molecule has 1 heterocycles. The van der Waals surface area contributed by atoms with Crippen molar-refractivity contribution in [2.75, 3.05) is 6.61 Å². The van der Waals surface area contributed by atoms with Crippen LogP contribution in [0.15, 0.2) is 48.7 Å². The Bertz CT molecular complexity index is 570. The number of nitrogens with one attached hydrogen (secondary N) is 1. The first-order valence-corrected chi connectivity index (χ1v) is 6.73. The summed E-state index contributed by atoms with van der Waals surface area (Å²) in [7, 11) is 0. The lowest BCUT2D eigenvalue weighted by molar-refractivity contribution is 0.0922. The number of carbonyl (C=O) groups is 1. The van der Waals surface area contributed by atoms with Crippen LogP contribution in [0.25, 0.3) is 0 Å². The molecule has 1 atom stereocenters. The first kappa shape index (κ1) is 15.0. The van der Waals surface area contributed by atoms with Gasteiger partial charge in [0.05, 0.1) is 12.3 Å². The topological polar surface area (TPSA) is 71.5 Å². The van der Waals surface area contributed by atoms with Crippen molar-refractivity contribution in [3.05, 3.63) is 59.9 Å². The molecule has 0 aliphatic rings. The Kier molecular flexibility index (Phi) is 5.29. The van der Waals surface area contributed by atoms with Gasteiger partial charge in [-0.1, -0.05) is 6.07 Å². The number of hydrogen-bond acceptors (Lipinski definition) is 4. The maximum atomic E-state index is 11.8. The van der Waals surface area contributed by atoms with Crippen molar-refractivity contribution in [2.24, 2.45) is 0 Å². The smallest absolute Gasteiger partial charge is 0.251 e. The summed E-state index contributed by atoms with van der Waals surface area (Å²) in [6.07, 6.45) is 1.72. The second-order valence-electron chi connectivity index (χ2n) is 4.69. The van der Waals surface area contributed by atoms with Crippen molar-refractivity contribution in [3.63, 3.8) is 0 Å². The van der Waals surface area contributed by atoms with Crippen molar-refractivity contribution in [3.8, 4) is 5.75 Å². The molecule has 110 valence electrons. The SMILES string of the molecule is CC(CO)NC(=O)c1ccc(OCc2ccccn2)cc1. The Hall–Kier alpha value is -2.40. The summed E-state index contributed by atoms with van der Waals surface area (Å²) < 4.78 is 5.59. The van der Waals surface area contributed by atoms with Crippen molar-refractivity contribution in [1.82, 2.24) is 10.3 Å². The van der Waals surface area contributed by atoms with Crippen LogP contribution in [0.2, 0.25) is 0 Å². The highest BCUT2D eigenvalue weighted by Crippen LogP contribution is 2.13. The molecule has 1 aromatic heterocycles. The Morgan fingerprint density at radius 2 is 2.05 bits per heavy atom. The van der Waals surface area contributed by atoms with Gasteiger partial charge in [0.1, 0.15) is 12.4 Å². The molecule has 2 N–H and O–H groups in total. The monoisotopic (exact) mass is 286 g/mol. The van der Waals surface area contributed by atoms with Gasteiger partial charge in [0.25, 0.3) is 5.91 Å².